The Morgan fingerprint density at radius 3 is 2.62 bits per heavy atom. The van der Waals surface area contributed by atoms with Crippen molar-refractivity contribution in [3.63, 3.8) is 0 Å². The summed E-state index contributed by atoms with van der Waals surface area (Å²) < 4.78 is 70.6. The molecule has 13 heteroatoms. The predicted molar refractivity (Wildman–Crippen MR) is 152 cm³/mol. The zero-order valence-corrected chi connectivity index (χ0v) is 23.6. The van der Waals surface area contributed by atoms with Crippen molar-refractivity contribution in [1.82, 2.24) is 9.88 Å². The Kier molecular flexibility index (Phi) is 8.21. The van der Waals surface area contributed by atoms with Crippen LogP contribution in [0.1, 0.15) is 39.7 Å². The van der Waals surface area contributed by atoms with E-state index in [1.54, 1.807) is 0 Å². The van der Waals surface area contributed by atoms with Gasteiger partial charge in [0.05, 0.1) is 28.7 Å². The van der Waals surface area contributed by atoms with E-state index in [2.05, 4.69) is 21.3 Å². The highest BCUT2D eigenvalue weighted by Gasteiger charge is 2.36. The number of amides is 1. The van der Waals surface area contributed by atoms with Gasteiger partial charge in [-0.1, -0.05) is 17.4 Å². The van der Waals surface area contributed by atoms with Crippen molar-refractivity contribution in [2.24, 2.45) is 0 Å². The minimum absolute atomic E-state index is 0.102. The van der Waals surface area contributed by atoms with Gasteiger partial charge in [0.15, 0.2) is 5.13 Å². The van der Waals surface area contributed by atoms with Crippen LogP contribution in [0.2, 0.25) is 0 Å². The summed E-state index contributed by atoms with van der Waals surface area (Å²) in [6.07, 6.45) is -1.04. The molecule has 2 aliphatic rings. The van der Waals surface area contributed by atoms with Crippen molar-refractivity contribution in [2.45, 2.75) is 25.6 Å². The molecule has 42 heavy (non-hydrogen) atoms. The van der Waals surface area contributed by atoms with Crippen molar-refractivity contribution in [1.29, 1.82) is 5.26 Å². The first-order valence-electron chi connectivity index (χ1n) is 13.2. The third kappa shape index (κ3) is 6.10. The topological polar surface area (TPSA) is 75.5 Å². The second kappa shape index (κ2) is 11.7. The Morgan fingerprint density at radius 2 is 1.93 bits per heavy atom. The fourth-order valence-electron chi connectivity index (χ4n) is 5.14. The van der Waals surface area contributed by atoms with E-state index < -0.39 is 34.8 Å². The standard InChI is InChI=1S/C29H27F5N6OS/c1-17-15-39(9-8-38(17)2)26-12-24(31)22(18-4-3-7-40(16-18)28-36-14-20(13-35)42-28)11-25(26)37-27(41)21-6-5-19(30)10-23(21)29(32,33)34/h4-6,10-12,14,17H,3,7-9,15-16H2,1-2H3,(H,37,41)/t17-/m1/s1. The second-order valence-corrected chi connectivity index (χ2v) is 11.3. The number of alkyl halides is 3. The predicted octanol–water partition coefficient (Wildman–Crippen LogP) is 6.00. The fraction of sp³-hybridized carbons (Fsp3) is 0.345. The first-order chi connectivity index (χ1) is 19.9. The summed E-state index contributed by atoms with van der Waals surface area (Å²) in [5.74, 6) is -2.75. The first kappa shape index (κ1) is 29.5. The Hall–Kier alpha value is -4.02. The molecule has 0 saturated carbocycles. The van der Waals surface area contributed by atoms with E-state index in [4.69, 9.17) is 5.26 Å². The number of benzene rings is 2. The SMILES string of the molecule is C[C@@H]1CN(c2cc(F)c(C3=CCCN(c4ncc(C#N)s4)C3)cc2NC(=O)c2ccc(F)cc2C(F)(F)F)CCN1C. The summed E-state index contributed by atoms with van der Waals surface area (Å²) in [5.41, 5.74) is -0.862. The van der Waals surface area contributed by atoms with E-state index in [1.165, 1.54) is 29.7 Å². The van der Waals surface area contributed by atoms with Crippen molar-refractivity contribution in [3.05, 3.63) is 75.8 Å². The van der Waals surface area contributed by atoms with Crippen molar-refractivity contribution in [2.75, 3.05) is 54.9 Å². The molecule has 3 heterocycles. The van der Waals surface area contributed by atoms with Gasteiger partial charge in [0, 0.05) is 44.3 Å². The number of nitrogens with one attached hydrogen (secondary N) is 1. The van der Waals surface area contributed by atoms with Gasteiger partial charge in [0.1, 0.15) is 22.6 Å². The molecule has 2 aromatic carbocycles. The lowest BCUT2D eigenvalue weighted by Crippen LogP contribution is -2.50. The van der Waals surface area contributed by atoms with Crippen LogP contribution >= 0.6 is 11.3 Å². The van der Waals surface area contributed by atoms with Crippen LogP contribution in [0.15, 0.2) is 42.6 Å². The zero-order chi connectivity index (χ0) is 30.2. The number of carbonyl (C=O) groups excluding carboxylic acids is 1. The number of carbonyl (C=O) groups is 1. The third-order valence-electron chi connectivity index (χ3n) is 7.54. The quantitative estimate of drug-likeness (QED) is 0.362. The maximum absolute atomic E-state index is 15.8. The van der Waals surface area contributed by atoms with Crippen molar-refractivity contribution in [3.8, 4) is 6.07 Å². The number of aromatic nitrogens is 1. The van der Waals surface area contributed by atoms with Crippen LogP contribution in [-0.2, 0) is 6.18 Å². The molecule has 0 bridgehead atoms. The molecule has 1 saturated heterocycles. The maximum atomic E-state index is 15.8. The van der Waals surface area contributed by atoms with Crippen LogP contribution < -0.4 is 15.1 Å². The fourth-order valence-corrected chi connectivity index (χ4v) is 5.88. The molecule has 220 valence electrons. The number of piperazine rings is 1. The largest absolute Gasteiger partial charge is 0.417 e. The summed E-state index contributed by atoms with van der Waals surface area (Å²) in [5, 5.41) is 12.3. The van der Waals surface area contributed by atoms with Gasteiger partial charge in [0.2, 0.25) is 0 Å². The molecule has 1 amide bonds. The number of nitrogens with zero attached hydrogens (tertiary/aromatic N) is 5. The van der Waals surface area contributed by atoms with Crippen LogP contribution in [0, 0.1) is 23.0 Å². The number of likely N-dealkylation sites (N-methyl/N-ethyl adjacent to an activating group) is 1. The summed E-state index contributed by atoms with van der Waals surface area (Å²) in [4.78, 5) is 24.0. The van der Waals surface area contributed by atoms with Gasteiger partial charge < -0.3 is 20.0 Å². The minimum Gasteiger partial charge on any atom is -0.367 e. The molecule has 0 spiro atoms. The van der Waals surface area contributed by atoms with Crippen LogP contribution in [0.4, 0.5) is 38.5 Å². The number of thiazole rings is 1. The molecule has 1 atom stereocenters. The van der Waals surface area contributed by atoms with Gasteiger partial charge >= 0.3 is 6.18 Å². The van der Waals surface area contributed by atoms with Crippen LogP contribution in [0.5, 0.6) is 0 Å². The number of hydrogen-bond donors (Lipinski definition) is 1. The van der Waals surface area contributed by atoms with Gasteiger partial charge in [0.25, 0.3) is 5.91 Å². The summed E-state index contributed by atoms with van der Waals surface area (Å²) in [6.45, 7) is 4.56. The molecule has 0 unspecified atom stereocenters. The second-order valence-electron chi connectivity index (χ2n) is 10.3. The number of anilines is 3. The Balaban J connectivity index is 1.53. The molecule has 0 aliphatic carbocycles. The molecule has 5 rings (SSSR count). The number of nitriles is 1. The monoisotopic (exact) mass is 602 g/mol. The molecule has 3 aromatic rings. The van der Waals surface area contributed by atoms with Crippen molar-refractivity contribution < 1.29 is 26.7 Å². The average Bonchev–Trinajstić information content (AvgIpc) is 3.44. The Labute approximate surface area is 243 Å². The maximum Gasteiger partial charge on any atom is 0.417 e. The van der Waals surface area contributed by atoms with Crippen molar-refractivity contribution >= 4 is 39.3 Å². The summed E-state index contributed by atoms with van der Waals surface area (Å²) in [7, 11) is 1.96. The van der Waals surface area contributed by atoms with Crippen LogP contribution in [0.3, 0.4) is 0 Å². The lowest BCUT2D eigenvalue weighted by molar-refractivity contribution is -0.138. The van der Waals surface area contributed by atoms with Gasteiger partial charge in [-0.3, -0.25) is 4.79 Å². The normalized spacial score (nSPS) is 18.0. The Morgan fingerprint density at radius 1 is 1.14 bits per heavy atom. The van der Waals surface area contributed by atoms with E-state index in [9.17, 15) is 22.4 Å². The van der Waals surface area contributed by atoms with Gasteiger partial charge in [-0.25, -0.2) is 13.8 Å². The number of hydrogen-bond acceptors (Lipinski definition) is 7. The molecule has 7 nitrogen and oxygen atoms in total. The van der Waals surface area contributed by atoms with Crippen LogP contribution in [0.25, 0.3) is 5.57 Å². The molecule has 0 radical (unpaired) electrons. The van der Waals surface area contributed by atoms with E-state index in [0.29, 0.717) is 53.9 Å². The highest BCUT2D eigenvalue weighted by atomic mass is 32.1. The van der Waals surface area contributed by atoms with Gasteiger partial charge in [-0.05, 0) is 56.3 Å². The Bertz CT molecular complexity index is 1580. The lowest BCUT2D eigenvalue weighted by atomic mass is 9.98. The van der Waals surface area contributed by atoms with Crippen LogP contribution in [-0.4, -0.2) is 61.6 Å². The molecular formula is C29H27F5N6OS. The lowest BCUT2D eigenvalue weighted by Gasteiger charge is -2.40. The zero-order valence-electron chi connectivity index (χ0n) is 22.8. The number of halogens is 5. The summed E-state index contributed by atoms with van der Waals surface area (Å²) >= 11 is 1.22. The van der Waals surface area contributed by atoms with E-state index in [1.807, 2.05) is 29.8 Å². The molecule has 2 aliphatic heterocycles. The summed E-state index contributed by atoms with van der Waals surface area (Å²) in [6, 6.07) is 6.77. The smallest absolute Gasteiger partial charge is 0.367 e. The third-order valence-corrected chi connectivity index (χ3v) is 8.50. The minimum atomic E-state index is -4.96. The highest BCUT2D eigenvalue weighted by molar-refractivity contribution is 7.16. The molecule has 1 N–H and O–H groups in total. The number of rotatable bonds is 5. The molecular weight excluding hydrogens is 575 g/mol. The molecule has 1 aromatic heterocycles. The highest BCUT2D eigenvalue weighted by Crippen LogP contribution is 2.37. The van der Waals surface area contributed by atoms with E-state index >= 15 is 4.39 Å². The molecule has 1 fully saturated rings. The average molecular weight is 603 g/mol. The van der Waals surface area contributed by atoms with Gasteiger partial charge in [-0.2, -0.15) is 18.4 Å². The van der Waals surface area contributed by atoms with Gasteiger partial charge in [-0.15, -0.1) is 0 Å². The van der Waals surface area contributed by atoms with E-state index in [0.717, 1.165) is 12.1 Å². The van der Waals surface area contributed by atoms with E-state index in [-0.39, 0.29) is 29.9 Å². The first-order valence-corrected chi connectivity index (χ1v) is 14.0.